The lowest BCUT2D eigenvalue weighted by Gasteiger charge is -2.18. The van der Waals surface area contributed by atoms with Crippen LogP contribution in [0.2, 0.25) is 0 Å². The summed E-state index contributed by atoms with van der Waals surface area (Å²) in [5.41, 5.74) is 2.69. The molecule has 23 heavy (non-hydrogen) atoms. The number of para-hydroxylation sites is 1. The number of fused-ring (bicyclic) bond motifs is 2. The molecule has 0 saturated heterocycles. The highest BCUT2D eigenvalue weighted by Crippen LogP contribution is 2.42. The maximum atomic E-state index is 12.8. The fourth-order valence-corrected chi connectivity index (χ4v) is 3.88. The molecule has 4 rings (SSSR count). The lowest BCUT2D eigenvalue weighted by Crippen LogP contribution is -2.31. The summed E-state index contributed by atoms with van der Waals surface area (Å²) in [4.78, 5) is 19.2. The third-order valence-electron chi connectivity index (χ3n) is 4.66. The number of amides is 1. The van der Waals surface area contributed by atoms with Gasteiger partial charge >= 0.3 is 0 Å². The fourth-order valence-electron chi connectivity index (χ4n) is 3.54. The van der Waals surface area contributed by atoms with Gasteiger partial charge in [-0.15, -0.1) is 0 Å². The Morgan fingerprint density at radius 3 is 2.83 bits per heavy atom. The van der Waals surface area contributed by atoms with E-state index in [0.29, 0.717) is 0 Å². The molecule has 2 atom stereocenters. The molecule has 0 aliphatic carbocycles. The Balaban J connectivity index is 1.90. The first-order chi connectivity index (χ1) is 11.1. The molecule has 1 amide bonds. The number of hydrogen-bond donors (Lipinski definition) is 1. The van der Waals surface area contributed by atoms with Crippen LogP contribution < -0.4 is 15.5 Å². The normalized spacial score (nSPS) is 22.1. The fraction of sp³-hybridized carbons (Fsp3) is 0.222. The summed E-state index contributed by atoms with van der Waals surface area (Å²) in [5, 5.41) is 11.7. The number of carbonyl (C=O) groups excluding carboxylic acids is 1. The second-order valence-electron chi connectivity index (χ2n) is 5.85. The summed E-state index contributed by atoms with van der Waals surface area (Å²) in [6.45, 7) is -0.0927. The van der Waals surface area contributed by atoms with Crippen LogP contribution in [0.4, 0.5) is 5.69 Å². The van der Waals surface area contributed by atoms with Gasteiger partial charge in [0.25, 0.3) is 0 Å². The zero-order valence-corrected chi connectivity index (χ0v) is 14.1. The maximum absolute atomic E-state index is 12.8. The molecular formula is C18H15BrN2O2. The van der Waals surface area contributed by atoms with Crippen molar-refractivity contribution in [2.45, 2.75) is 12.0 Å². The van der Waals surface area contributed by atoms with Gasteiger partial charge in [0.15, 0.2) is 0 Å². The Morgan fingerprint density at radius 1 is 1.26 bits per heavy atom. The van der Waals surface area contributed by atoms with Gasteiger partial charge in [-0.2, -0.15) is 0 Å². The van der Waals surface area contributed by atoms with Crippen LogP contribution in [-0.4, -0.2) is 30.7 Å². The number of rotatable bonds is 2. The van der Waals surface area contributed by atoms with Crippen molar-refractivity contribution >= 4 is 33.1 Å². The quantitative estimate of drug-likeness (QED) is 0.867. The SMILES string of the molecule is CN1C(=O)C(C2N=c3ccccc3=C2CO)c2ccc(Br)cc21. The number of halogens is 1. The Labute approximate surface area is 141 Å². The molecule has 0 bridgehead atoms. The van der Waals surface area contributed by atoms with Crippen LogP contribution in [0.25, 0.3) is 5.57 Å². The lowest BCUT2D eigenvalue weighted by atomic mass is 9.88. The molecule has 0 saturated carbocycles. The molecule has 0 aromatic heterocycles. The van der Waals surface area contributed by atoms with Gasteiger partial charge in [-0.1, -0.05) is 40.2 Å². The number of likely N-dealkylation sites (N-methyl/N-ethyl adjacent to an activating group) is 1. The molecule has 0 radical (unpaired) electrons. The number of aliphatic hydroxyl groups excluding tert-OH is 1. The van der Waals surface area contributed by atoms with E-state index in [1.807, 2.05) is 42.5 Å². The molecule has 1 N–H and O–H groups in total. The van der Waals surface area contributed by atoms with E-state index < -0.39 is 0 Å². The Morgan fingerprint density at radius 2 is 2.04 bits per heavy atom. The van der Waals surface area contributed by atoms with Gasteiger partial charge in [-0.25, -0.2) is 0 Å². The van der Waals surface area contributed by atoms with Crippen LogP contribution in [0, 0.1) is 0 Å². The highest BCUT2D eigenvalue weighted by molar-refractivity contribution is 9.10. The molecule has 0 spiro atoms. The van der Waals surface area contributed by atoms with E-state index in [2.05, 4.69) is 15.9 Å². The van der Waals surface area contributed by atoms with E-state index >= 15 is 0 Å². The Kier molecular flexibility index (Phi) is 3.36. The van der Waals surface area contributed by atoms with Crippen molar-refractivity contribution in [1.29, 1.82) is 0 Å². The van der Waals surface area contributed by atoms with Crippen molar-refractivity contribution in [3.05, 3.63) is 63.1 Å². The molecule has 0 fully saturated rings. The van der Waals surface area contributed by atoms with Gasteiger partial charge in [0.2, 0.25) is 5.91 Å². The smallest absolute Gasteiger partial charge is 0.236 e. The summed E-state index contributed by atoms with van der Waals surface area (Å²) >= 11 is 3.46. The number of hydrogen-bond acceptors (Lipinski definition) is 3. The van der Waals surface area contributed by atoms with Crippen molar-refractivity contribution in [2.24, 2.45) is 4.99 Å². The van der Waals surface area contributed by atoms with E-state index in [1.165, 1.54) is 0 Å². The van der Waals surface area contributed by atoms with E-state index in [-0.39, 0.29) is 24.5 Å². The van der Waals surface area contributed by atoms with Gasteiger partial charge in [-0.05, 0) is 29.3 Å². The van der Waals surface area contributed by atoms with Gasteiger partial charge in [0.1, 0.15) is 0 Å². The first kappa shape index (κ1) is 14.6. The van der Waals surface area contributed by atoms with Crippen LogP contribution in [-0.2, 0) is 4.79 Å². The number of benzene rings is 2. The summed E-state index contributed by atoms with van der Waals surface area (Å²) < 4.78 is 0.939. The van der Waals surface area contributed by atoms with Crippen molar-refractivity contribution in [3.63, 3.8) is 0 Å². The van der Waals surface area contributed by atoms with Crippen LogP contribution >= 0.6 is 15.9 Å². The largest absolute Gasteiger partial charge is 0.392 e. The average Bonchev–Trinajstić information content (AvgIpc) is 3.03. The van der Waals surface area contributed by atoms with E-state index in [4.69, 9.17) is 4.99 Å². The molecule has 116 valence electrons. The predicted molar refractivity (Wildman–Crippen MR) is 91.8 cm³/mol. The minimum atomic E-state index is -0.377. The maximum Gasteiger partial charge on any atom is 0.236 e. The van der Waals surface area contributed by atoms with E-state index in [1.54, 1.807) is 11.9 Å². The molecular weight excluding hydrogens is 356 g/mol. The first-order valence-electron chi connectivity index (χ1n) is 7.45. The summed E-state index contributed by atoms with van der Waals surface area (Å²) in [6, 6.07) is 13.3. The topological polar surface area (TPSA) is 52.9 Å². The van der Waals surface area contributed by atoms with Crippen LogP contribution in [0.3, 0.4) is 0 Å². The standard InChI is InChI=1S/C18H15BrN2O2/c1-21-15-8-10(19)6-7-12(15)16(18(21)23)17-13(9-22)11-4-2-3-5-14(11)20-17/h2-8,16-17,22H,9H2,1H3. The third-order valence-corrected chi connectivity index (χ3v) is 5.15. The summed E-state index contributed by atoms with van der Waals surface area (Å²) in [7, 11) is 1.79. The predicted octanol–water partition coefficient (Wildman–Crippen LogP) is 1.35. The average molecular weight is 371 g/mol. The molecule has 2 aromatic carbocycles. The van der Waals surface area contributed by atoms with Crippen molar-refractivity contribution in [2.75, 3.05) is 18.6 Å². The number of aliphatic hydroxyl groups is 1. The molecule has 2 aliphatic heterocycles. The second-order valence-corrected chi connectivity index (χ2v) is 6.77. The third kappa shape index (κ3) is 2.07. The number of anilines is 1. The second kappa shape index (κ2) is 5.28. The van der Waals surface area contributed by atoms with Gasteiger partial charge < -0.3 is 10.0 Å². The van der Waals surface area contributed by atoms with Crippen molar-refractivity contribution < 1.29 is 9.90 Å². The van der Waals surface area contributed by atoms with Gasteiger partial charge in [-0.3, -0.25) is 9.79 Å². The van der Waals surface area contributed by atoms with Crippen LogP contribution in [0.15, 0.2) is 51.9 Å². The molecule has 4 nitrogen and oxygen atoms in total. The van der Waals surface area contributed by atoms with Gasteiger partial charge in [0.05, 0.1) is 23.9 Å². The monoisotopic (exact) mass is 370 g/mol. The first-order valence-corrected chi connectivity index (χ1v) is 8.25. The zero-order valence-electron chi connectivity index (χ0n) is 12.5. The van der Waals surface area contributed by atoms with E-state index in [9.17, 15) is 9.90 Å². The zero-order chi connectivity index (χ0) is 16.1. The molecule has 2 aromatic rings. The van der Waals surface area contributed by atoms with Gasteiger partial charge in [0, 0.05) is 22.4 Å². The summed E-state index contributed by atoms with van der Waals surface area (Å²) in [6.07, 6.45) is 0. The Hall–Kier alpha value is -1.98. The number of carbonyl (C=O) groups is 1. The van der Waals surface area contributed by atoms with Crippen LogP contribution in [0.1, 0.15) is 11.5 Å². The molecule has 2 heterocycles. The Bertz CT molecular complexity index is 938. The minimum absolute atomic E-state index is 0.0191. The minimum Gasteiger partial charge on any atom is -0.392 e. The number of nitrogens with zero attached hydrogens (tertiary/aromatic N) is 2. The van der Waals surface area contributed by atoms with E-state index in [0.717, 1.165) is 31.9 Å². The van der Waals surface area contributed by atoms with Crippen molar-refractivity contribution in [1.82, 2.24) is 0 Å². The highest BCUT2D eigenvalue weighted by Gasteiger charge is 2.42. The molecule has 2 aliphatic rings. The molecule has 5 heteroatoms. The van der Waals surface area contributed by atoms with Crippen LogP contribution in [0.5, 0.6) is 0 Å². The molecule has 2 unspecified atom stereocenters. The van der Waals surface area contributed by atoms with Crippen molar-refractivity contribution in [3.8, 4) is 0 Å². The highest BCUT2D eigenvalue weighted by atomic mass is 79.9. The summed E-state index contributed by atoms with van der Waals surface area (Å²) in [5.74, 6) is -0.358. The lowest BCUT2D eigenvalue weighted by molar-refractivity contribution is -0.119.